The van der Waals surface area contributed by atoms with Crippen LogP contribution in [0.25, 0.3) is 0 Å². The van der Waals surface area contributed by atoms with Crippen LogP contribution in [0.2, 0.25) is 5.02 Å². The molecule has 210 valence electrons. The standard InChI is InChI=1S/C30H30ClF2N3O4/c31-20-14-22(26(27(32)33)34-16-20)28(38)35-21-12-10-18(11-13-21)17-36-24-9-5-4-8-23(24)30(40,29(36)39)15-25(37)19-6-2-1-3-7-19/h1-9,14,16,18,21,25,27,37,40H,10-13,15,17H2,(H,35,38)/t18-,21-,25?,30?. The minimum Gasteiger partial charge on any atom is -0.388 e. The maximum Gasteiger partial charge on any atom is 0.281 e. The summed E-state index contributed by atoms with van der Waals surface area (Å²) in [5, 5.41) is 25.4. The van der Waals surface area contributed by atoms with Crippen molar-refractivity contribution in [2.45, 2.75) is 56.3 Å². The molecule has 2 heterocycles. The molecule has 0 radical (unpaired) electrons. The third-order valence-electron chi connectivity index (χ3n) is 7.87. The molecule has 0 spiro atoms. The number of halogens is 3. The Labute approximate surface area is 235 Å². The molecule has 0 saturated heterocycles. The van der Waals surface area contributed by atoms with E-state index in [1.54, 1.807) is 47.4 Å². The normalized spacial score (nSPS) is 23.2. The van der Waals surface area contributed by atoms with Gasteiger partial charge < -0.3 is 20.4 Å². The van der Waals surface area contributed by atoms with Crippen LogP contribution in [0.3, 0.4) is 0 Å². The summed E-state index contributed by atoms with van der Waals surface area (Å²) in [6, 6.07) is 17.0. The van der Waals surface area contributed by atoms with Gasteiger partial charge in [0, 0.05) is 30.8 Å². The lowest BCUT2D eigenvalue weighted by atomic mass is 9.85. The van der Waals surface area contributed by atoms with E-state index in [1.807, 2.05) is 12.1 Å². The van der Waals surface area contributed by atoms with Crippen molar-refractivity contribution < 1.29 is 28.6 Å². The van der Waals surface area contributed by atoms with Crippen molar-refractivity contribution in [3.05, 3.63) is 94.3 Å². The van der Waals surface area contributed by atoms with Crippen LogP contribution in [0.5, 0.6) is 0 Å². The first-order valence-electron chi connectivity index (χ1n) is 13.3. The van der Waals surface area contributed by atoms with Gasteiger partial charge in [-0.05, 0) is 49.3 Å². The van der Waals surface area contributed by atoms with Crippen LogP contribution in [0, 0.1) is 5.92 Å². The number of aliphatic hydroxyl groups is 2. The van der Waals surface area contributed by atoms with Crippen molar-refractivity contribution in [3.8, 4) is 0 Å². The average molecular weight is 570 g/mol. The zero-order chi connectivity index (χ0) is 28.4. The minimum absolute atomic E-state index is 0.102. The van der Waals surface area contributed by atoms with Crippen molar-refractivity contribution in [1.29, 1.82) is 0 Å². The fourth-order valence-corrected chi connectivity index (χ4v) is 5.93. The molecule has 2 aliphatic rings. The number of fused-ring (bicyclic) bond motifs is 1. The maximum absolute atomic E-state index is 13.6. The number of para-hydroxylation sites is 1. The van der Waals surface area contributed by atoms with Crippen molar-refractivity contribution in [2.75, 3.05) is 11.4 Å². The molecule has 5 rings (SSSR count). The second-order valence-electron chi connectivity index (χ2n) is 10.5. The molecular formula is C30H30ClF2N3O4. The molecule has 2 aromatic carbocycles. The van der Waals surface area contributed by atoms with Crippen LogP contribution in [0.1, 0.15) is 71.8 Å². The summed E-state index contributed by atoms with van der Waals surface area (Å²) in [4.78, 5) is 31.6. The summed E-state index contributed by atoms with van der Waals surface area (Å²) < 4.78 is 26.7. The Bertz CT molecular complexity index is 1380. The predicted molar refractivity (Wildman–Crippen MR) is 146 cm³/mol. The number of alkyl halides is 2. The van der Waals surface area contributed by atoms with Crippen LogP contribution in [-0.4, -0.2) is 39.6 Å². The third-order valence-corrected chi connectivity index (χ3v) is 8.08. The molecule has 1 aliphatic heterocycles. The van der Waals surface area contributed by atoms with Crippen molar-refractivity contribution >= 4 is 29.1 Å². The van der Waals surface area contributed by atoms with Crippen LogP contribution >= 0.6 is 11.6 Å². The Hall–Kier alpha value is -3.40. The lowest BCUT2D eigenvalue weighted by Crippen LogP contribution is -2.44. The zero-order valence-electron chi connectivity index (χ0n) is 21.6. The van der Waals surface area contributed by atoms with E-state index in [-0.39, 0.29) is 29.0 Å². The fraction of sp³-hybridized carbons (Fsp3) is 0.367. The minimum atomic E-state index is -2.90. The largest absolute Gasteiger partial charge is 0.388 e. The number of nitrogens with zero attached hydrogens (tertiary/aromatic N) is 2. The number of hydrogen-bond acceptors (Lipinski definition) is 5. The topological polar surface area (TPSA) is 103 Å². The molecule has 40 heavy (non-hydrogen) atoms. The second-order valence-corrected chi connectivity index (χ2v) is 10.9. The Morgan fingerprint density at radius 1 is 1.10 bits per heavy atom. The molecule has 0 bridgehead atoms. The average Bonchev–Trinajstić information content (AvgIpc) is 3.16. The number of benzene rings is 2. The van der Waals surface area contributed by atoms with Gasteiger partial charge in [0.2, 0.25) is 0 Å². The quantitative estimate of drug-likeness (QED) is 0.341. The van der Waals surface area contributed by atoms with Crippen LogP contribution in [0.15, 0.2) is 66.9 Å². The van der Waals surface area contributed by atoms with Gasteiger partial charge in [0.1, 0.15) is 5.69 Å². The first-order chi connectivity index (χ1) is 19.2. The van der Waals surface area contributed by atoms with E-state index in [9.17, 15) is 28.6 Å². The molecule has 10 heteroatoms. The smallest absolute Gasteiger partial charge is 0.281 e. The number of pyridine rings is 1. The summed E-state index contributed by atoms with van der Waals surface area (Å²) in [5.74, 6) is -0.998. The van der Waals surface area contributed by atoms with Crippen molar-refractivity contribution in [1.82, 2.24) is 10.3 Å². The van der Waals surface area contributed by atoms with Crippen LogP contribution < -0.4 is 10.2 Å². The van der Waals surface area contributed by atoms with Crippen LogP contribution in [-0.2, 0) is 10.4 Å². The van der Waals surface area contributed by atoms with Gasteiger partial charge >= 0.3 is 0 Å². The summed E-state index contributed by atoms with van der Waals surface area (Å²) in [7, 11) is 0. The summed E-state index contributed by atoms with van der Waals surface area (Å²) in [6.07, 6.45) is -0.406. The Kier molecular flexibility index (Phi) is 8.16. The first-order valence-corrected chi connectivity index (χ1v) is 13.7. The fourth-order valence-electron chi connectivity index (χ4n) is 5.77. The molecular weight excluding hydrogens is 540 g/mol. The number of aromatic nitrogens is 1. The Morgan fingerprint density at radius 2 is 1.77 bits per heavy atom. The van der Waals surface area contributed by atoms with Gasteiger partial charge in [0.15, 0.2) is 5.60 Å². The van der Waals surface area contributed by atoms with Gasteiger partial charge in [-0.2, -0.15) is 0 Å². The summed E-state index contributed by atoms with van der Waals surface area (Å²) in [5.41, 5.74) is -0.980. The summed E-state index contributed by atoms with van der Waals surface area (Å²) in [6.45, 7) is 0.383. The van der Waals surface area contributed by atoms with Gasteiger partial charge in [-0.1, -0.05) is 60.1 Å². The molecule has 1 saturated carbocycles. The lowest BCUT2D eigenvalue weighted by Gasteiger charge is -2.32. The number of amides is 2. The monoisotopic (exact) mass is 569 g/mol. The number of rotatable bonds is 8. The SMILES string of the molecule is O=C(N[C@H]1CC[C@H](CN2C(=O)C(O)(CC(O)c3ccccc3)c3ccccc32)CC1)c1cc(Cl)cnc1C(F)F. The maximum atomic E-state index is 13.6. The van der Waals surface area contributed by atoms with Crippen molar-refractivity contribution in [3.63, 3.8) is 0 Å². The number of anilines is 1. The Balaban J connectivity index is 1.23. The number of carbonyl (C=O) groups excluding carboxylic acids is 2. The summed E-state index contributed by atoms with van der Waals surface area (Å²) >= 11 is 5.88. The molecule has 2 amide bonds. The molecule has 2 atom stereocenters. The van der Waals surface area contributed by atoms with Gasteiger partial charge in [-0.15, -0.1) is 0 Å². The van der Waals surface area contributed by atoms with E-state index < -0.39 is 35.6 Å². The molecule has 1 aliphatic carbocycles. The molecule has 1 fully saturated rings. The third kappa shape index (κ3) is 5.59. The highest BCUT2D eigenvalue weighted by atomic mass is 35.5. The number of carbonyl (C=O) groups is 2. The number of aliphatic hydroxyl groups excluding tert-OH is 1. The predicted octanol–water partition coefficient (Wildman–Crippen LogP) is 5.32. The van der Waals surface area contributed by atoms with E-state index in [1.165, 1.54) is 6.07 Å². The molecule has 1 aromatic heterocycles. The van der Waals surface area contributed by atoms with E-state index in [4.69, 9.17) is 11.6 Å². The van der Waals surface area contributed by atoms with E-state index >= 15 is 0 Å². The van der Waals surface area contributed by atoms with Gasteiger partial charge in [0.05, 0.1) is 22.4 Å². The molecule has 2 unspecified atom stereocenters. The van der Waals surface area contributed by atoms with E-state index in [0.29, 0.717) is 49.0 Å². The highest BCUT2D eigenvalue weighted by Gasteiger charge is 2.51. The van der Waals surface area contributed by atoms with Crippen molar-refractivity contribution in [2.24, 2.45) is 5.92 Å². The van der Waals surface area contributed by atoms with Gasteiger partial charge in [-0.25, -0.2) is 8.78 Å². The van der Waals surface area contributed by atoms with E-state index in [0.717, 1.165) is 6.20 Å². The van der Waals surface area contributed by atoms with E-state index in [2.05, 4.69) is 10.3 Å². The van der Waals surface area contributed by atoms with Gasteiger partial charge in [-0.3, -0.25) is 14.6 Å². The highest BCUT2D eigenvalue weighted by Crippen LogP contribution is 2.45. The zero-order valence-corrected chi connectivity index (χ0v) is 22.4. The second kappa shape index (κ2) is 11.6. The highest BCUT2D eigenvalue weighted by molar-refractivity contribution is 6.30. The van der Waals surface area contributed by atoms with Gasteiger partial charge in [0.25, 0.3) is 18.2 Å². The number of nitrogens with one attached hydrogen (secondary N) is 1. The van der Waals surface area contributed by atoms with Crippen LogP contribution in [0.4, 0.5) is 14.5 Å². The number of hydrogen-bond donors (Lipinski definition) is 3. The molecule has 3 aromatic rings. The lowest BCUT2D eigenvalue weighted by molar-refractivity contribution is -0.139. The Morgan fingerprint density at radius 3 is 2.48 bits per heavy atom. The molecule has 7 nitrogen and oxygen atoms in total. The molecule has 3 N–H and O–H groups in total. The first kappa shape index (κ1) is 28.1.